The van der Waals surface area contributed by atoms with Crippen LogP contribution in [-0.2, 0) is 11.3 Å². The van der Waals surface area contributed by atoms with Crippen LogP contribution in [0.5, 0.6) is 5.75 Å². The Morgan fingerprint density at radius 2 is 2.04 bits per heavy atom. The minimum absolute atomic E-state index is 0.000974. The lowest BCUT2D eigenvalue weighted by Crippen LogP contribution is -2.07. The topological polar surface area (TPSA) is 77.1 Å². The van der Waals surface area contributed by atoms with E-state index in [0.29, 0.717) is 10.6 Å². The molecular formula is C18H15ClFN3O3. The summed E-state index contributed by atoms with van der Waals surface area (Å²) in [5, 5.41) is 10.7. The van der Waals surface area contributed by atoms with E-state index in [-0.39, 0.29) is 30.4 Å². The van der Waals surface area contributed by atoms with Crippen molar-refractivity contribution < 1.29 is 18.7 Å². The first kappa shape index (κ1) is 17.9. The molecule has 0 radical (unpaired) electrons. The van der Waals surface area contributed by atoms with E-state index < -0.39 is 11.8 Å². The quantitative estimate of drug-likeness (QED) is 0.658. The molecule has 0 saturated carbocycles. The van der Waals surface area contributed by atoms with E-state index in [2.05, 4.69) is 15.4 Å². The Labute approximate surface area is 153 Å². The molecule has 2 aromatic carbocycles. The molecule has 1 aromatic heterocycles. The average Bonchev–Trinajstić information content (AvgIpc) is 3.11. The van der Waals surface area contributed by atoms with E-state index in [1.165, 1.54) is 18.2 Å². The fourth-order valence-corrected chi connectivity index (χ4v) is 2.53. The molecule has 8 heteroatoms. The summed E-state index contributed by atoms with van der Waals surface area (Å²) in [5.74, 6) is -0.897. The number of hydrogen-bond acceptors (Lipinski definition) is 5. The summed E-state index contributed by atoms with van der Waals surface area (Å²) < 4.78 is 24.4. The molecule has 1 heterocycles. The maximum Gasteiger partial charge on any atom is 0.361 e. The Balaban J connectivity index is 1.93. The highest BCUT2D eigenvalue weighted by atomic mass is 35.5. The molecule has 0 aliphatic carbocycles. The average molecular weight is 376 g/mol. The van der Waals surface area contributed by atoms with E-state index in [0.717, 1.165) is 5.56 Å². The van der Waals surface area contributed by atoms with Crippen LogP contribution in [0.15, 0.2) is 42.5 Å². The van der Waals surface area contributed by atoms with Gasteiger partial charge in [-0.05, 0) is 25.1 Å². The van der Waals surface area contributed by atoms with Gasteiger partial charge in [-0.2, -0.15) is 10.3 Å². The van der Waals surface area contributed by atoms with Gasteiger partial charge in [0.25, 0.3) is 0 Å². The largest absolute Gasteiger partial charge is 0.488 e. The summed E-state index contributed by atoms with van der Waals surface area (Å²) in [5.41, 5.74) is 1.38. The third kappa shape index (κ3) is 3.83. The molecule has 26 heavy (non-hydrogen) atoms. The molecule has 134 valence electrons. The number of hydrogen-bond donors (Lipinski definition) is 1. The minimum atomic E-state index is -0.627. The van der Waals surface area contributed by atoms with Crippen LogP contribution >= 0.6 is 11.6 Å². The van der Waals surface area contributed by atoms with Crippen molar-refractivity contribution in [2.24, 2.45) is 0 Å². The van der Waals surface area contributed by atoms with E-state index in [1.54, 1.807) is 25.1 Å². The summed E-state index contributed by atoms with van der Waals surface area (Å²) in [7, 11) is 0. The van der Waals surface area contributed by atoms with Gasteiger partial charge in [-0.1, -0.05) is 29.8 Å². The number of nitrogens with zero attached hydrogens (tertiary/aromatic N) is 2. The predicted molar refractivity (Wildman–Crippen MR) is 93.5 cm³/mol. The Hall–Kier alpha value is -2.93. The second-order valence-corrected chi connectivity index (χ2v) is 5.67. The number of benzene rings is 2. The van der Waals surface area contributed by atoms with Gasteiger partial charge in [0.1, 0.15) is 23.9 Å². The number of halogens is 2. The number of rotatable bonds is 6. The maximum atomic E-state index is 13.7. The monoisotopic (exact) mass is 375 g/mol. The Kier molecular flexibility index (Phi) is 5.48. The van der Waals surface area contributed by atoms with Crippen LogP contribution in [0.1, 0.15) is 23.0 Å². The highest BCUT2D eigenvalue weighted by Gasteiger charge is 2.22. The lowest BCUT2D eigenvalue weighted by molar-refractivity contribution is 0.0520. The number of H-pyrrole nitrogens is 1. The van der Waals surface area contributed by atoms with E-state index in [1.807, 2.05) is 6.07 Å². The number of esters is 1. The minimum Gasteiger partial charge on any atom is -0.488 e. The standard InChI is InChI=1S/C18H15ClFN3O3/c1-2-25-18(24)17-16(21-23-22-17)13-8-7-12(20)9-15(13)26-10-11-5-3-4-6-14(11)19/h3-9H,2,10H2,1H3,(H,21,22,23). The summed E-state index contributed by atoms with van der Waals surface area (Å²) in [6.45, 7) is 2.01. The van der Waals surface area contributed by atoms with Crippen molar-refractivity contribution >= 4 is 17.6 Å². The summed E-state index contributed by atoms with van der Waals surface area (Å²) in [6, 6.07) is 11.1. The fraction of sp³-hybridized carbons (Fsp3) is 0.167. The molecule has 6 nitrogen and oxygen atoms in total. The zero-order chi connectivity index (χ0) is 18.5. The number of aromatic amines is 1. The highest BCUT2D eigenvalue weighted by molar-refractivity contribution is 6.31. The SMILES string of the molecule is CCOC(=O)c1n[nH]nc1-c1ccc(F)cc1OCc1ccccc1Cl. The van der Waals surface area contributed by atoms with Crippen molar-refractivity contribution in [1.29, 1.82) is 0 Å². The zero-order valence-corrected chi connectivity index (χ0v) is 14.6. The third-order valence-electron chi connectivity index (χ3n) is 3.56. The van der Waals surface area contributed by atoms with Crippen LogP contribution in [0, 0.1) is 5.82 Å². The predicted octanol–water partition coefficient (Wildman–Crippen LogP) is 4.02. The molecule has 1 N–H and O–H groups in total. The van der Waals surface area contributed by atoms with Crippen LogP contribution in [-0.4, -0.2) is 28.0 Å². The van der Waals surface area contributed by atoms with Crippen molar-refractivity contribution in [2.75, 3.05) is 6.61 Å². The molecule has 0 atom stereocenters. The van der Waals surface area contributed by atoms with Crippen molar-refractivity contribution in [2.45, 2.75) is 13.5 Å². The smallest absolute Gasteiger partial charge is 0.361 e. The number of ether oxygens (including phenoxy) is 2. The van der Waals surface area contributed by atoms with E-state index in [4.69, 9.17) is 21.1 Å². The van der Waals surface area contributed by atoms with Gasteiger partial charge in [0.05, 0.1) is 6.61 Å². The van der Waals surface area contributed by atoms with Crippen molar-refractivity contribution in [3.8, 4) is 17.0 Å². The van der Waals surface area contributed by atoms with Gasteiger partial charge in [0.2, 0.25) is 0 Å². The van der Waals surface area contributed by atoms with Gasteiger partial charge in [-0.25, -0.2) is 9.18 Å². The van der Waals surface area contributed by atoms with Gasteiger partial charge in [-0.15, -0.1) is 5.10 Å². The van der Waals surface area contributed by atoms with Gasteiger partial charge < -0.3 is 9.47 Å². The first-order chi connectivity index (χ1) is 12.6. The number of carbonyl (C=O) groups is 1. The molecule has 0 unspecified atom stereocenters. The summed E-state index contributed by atoms with van der Waals surface area (Å²) >= 11 is 6.12. The van der Waals surface area contributed by atoms with Gasteiger partial charge in [-0.3, -0.25) is 0 Å². The Morgan fingerprint density at radius 1 is 1.23 bits per heavy atom. The summed E-state index contributed by atoms with van der Waals surface area (Å²) in [6.07, 6.45) is 0. The zero-order valence-electron chi connectivity index (χ0n) is 13.8. The molecule has 0 aliphatic heterocycles. The molecule has 0 bridgehead atoms. The molecule has 0 spiro atoms. The van der Waals surface area contributed by atoms with Crippen LogP contribution in [0.4, 0.5) is 4.39 Å². The summed E-state index contributed by atoms with van der Waals surface area (Å²) in [4.78, 5) is 12.0. The van der Waals surface area contributed by atoms with Crippen molar-refractivity contribution in [3.05, 3.63) is 64.6 Å². The van der Waals surface area contributed by atoms with Gasteiger partial charge in [0, 0.05) is 22.2 Å². The van der Waals surface area contributed by atoms with Crippen molar-refractivity contribution in [1.82, 2.24) is 15.4 Å². The fourth-order valence-electron chi connectivity index (χ4n) is 2.34. The molecule has 3 aromatic rings. The number of aromatic nitrogens is 3. The lowest BCUT2D eigenvalue weighted by Gasteiger charge is -2.12. The molecule has 0 amide bonds. The van der Waals surface area contributed by atoms with Crippen LogP contribution in [0.2, 0.25) is 5.02 Å². The maximum absolute atomic E-state index is 13.7. The van der Waals surface area contributed by atoms with Crippen LogP contribution < -0.4 is 4.74 Å². The van der Waals surface area contributed by atoms with E-state index >= 15 is 0 Å². The van der Waals surface area contributed by atoms with Gasteiger partial charge in [0.15, 0.2) is 5.69 Å². The molecule has 0 aliphatic rings. The highest BCUT2D eigenvalue weighted by Crippen LogP contribution is 2.32. The first-order valence-corrected chi connectivity index (χ1v) is 8.22. The molecular weight excluding hydrogens is 361 g/mol. The Bertz CT molecular complexity index is 930. The van der Waals surface area contributed by atoms with Gasteiger partial charge >= 0.3 is 5.97 Å². The second-order valence-electron chi connectivity index (χ2n) is 5.26. The molecule has 0 fully saturated rings. The normalized spacial score (nSPS) is 10.6. The van der Waals surface area contributed by atoms with Crippen molar-refractivity contribution in [3.63, 3.8) is 0 Å². The number of nitrogens with one attached hydrogen (secondary N) is 1. The second kappa shape index (κ2) is 7.97. The van der Waals surface area contributed by atoms with Crippen LogP contribution in [0.3, 0.4) is 0 Å². The molecule has 0 saturated heterocycles. The van der Waals surface area contributed by atoms with E-state index in [9.17, 15) is 9.18 Å². The van der Waals surface area contributed by atoms with Crippen LogP contribution in [0.25, 0.3) is 11.3 Å². The number of carbonyl (C=O) groups excluding carboxylic acids is 1. The molecule has 3 rings (SSSR count). The lowest BCUT2D eigenvalue weighted by atomic mass is 10.1. The Morgan fingerprint density at radius 3 is 2.81 bits per heavy atom. The first-order valence-electron chi connectivity index (χ1n) is 7.84. The third-order valence-corrected chi connectivity index (χ3v) is 3.93.